The number of unbranched alkanes of at least 4 members (excludes halogenated alkanes) is 2. The molecule has 0 aliphatic carbocycles. The van der Waals surface area contributed by atoms with Crippen molar-refractivity contribution in [1.29, 1.82) is 0 Å². The van der Waals surface area contributed by atoms with E-state index in [0.29, 0.717) is 4.90 Å². The second-order valence-corrected chi connectivity index (χ2v) is 9.40. The second-order valence-electron chi connectivity index (χ2n) is 7.37. The van der Waals surface area contributed by atoms with Crippen LogP contribution in [0.1, 0.15) is 66.7 Å². The van der Waals surface area contributed by atoms with Crippen LogP contribution in [-0.2, 0) is 9.84 Å². The summed E-state index contributed by atoms with van der Waals surface area (Å²) in [7, 11) is -3.22. The van der Waals surface area contributed by atoms with Crippen LogP contribution in [0.4, 0.5) is 0 Å². The van der Waals surface area contributed by atoms with E-state index in [0.717, 1.165) is 38.1 Å². The molecular weight excluding hydrogens is 346 g/mol. The van der Waals surface area contributed by atoms with Gasteiger partial charge in [-0.15, -0.1) is 0 Å². The van der Waals surface area contributed by atoms with Crippen molar-refractivity contribution in [3.63, 3.8) is 0 Å². The molecule has 0 N–H and O–H groups in total. The minimum Gasteiger partial charge on any atom is -0.475 e. The fourth-order valence-electron chi connectivity index (χ4n) is 2.96. The van der Waals surface area contributed by atoms with Crippen LogP contribution in [0.2, 0.25) is 0 Å². The topological polar surface area (TPSA) is 46.6 Å². The van der Waals surface area contributed by atoms with E-state index in [1.807, 2.05) is 13.8 Å². The predicted molar refractivity (Wildman–Crippen MR) is 109 cm³/mol. The second kappa shape index (κ2) is 11.6. The lowest BCUT2D eigenvalue weighted by atomic mass is 10.2. The highest BCUT2D eigenvalue weighted by Crippen LogP contribution is 2.21. The summed E-state index contributed by atoms with van der Waals surface area (Å²) < 4.78 is 30.9. The summed E-state index contributed by atoms with van der Waals surface area (Å²) in [5, 5.41) is 0. The highest BCUT2D eigenvalue weighted by molar-refractivity contribution is 7.91. The predicted octanol–water partition coefficient (Wildman–Crippen LogP) is 5.13. The maximum atomic E-state index is 12.3. The molecule has 5 heteroatoms. The van der Waals surface area contributed by atoms with Crippen molar-refractivity contribution in [2.45, 2.75) is 77.8 Å². The molecule has 26 heavy (non-hydrogen) atoms. The van der Waals surface area contributed by atoms with Crippen molar-refractivity contribution >= 4 is 9.84 Å². The number of ether oxygens (including phenoxy) is 1. The molecule has 0 bridgehead atoms. The van der Waals surface area contributed by atoms with Crippen LogP contribution in [0.25, 0.3) is 0 Å². The molecule has 0 heterocycles. The van der Waals surface area contributed by atoms with Gasteiger partial charge in [0.05, 0.1) is 10.6 Å². The minimum atomic E-state index is -3.22. The van der Waals surface area contributed by atoms with Crippen LogP contribution in [0.5, 0.6) is 5.75 Å². The zero-order valence-electron chi connectivity index (χ0n) is 17.2. The lowest BCUT2D eigenvalue weighted by Crippen LogP contribution is -2.40. The number of benzene rings is 1. The van der Waals surface area contributed by atoms with Gasteiger partial charge in [0.25, 0.3) is 0 Å². The normalized spacial score (nSPS) is 13.3. The Morgan fingerprint density at radius 1 is 0.962 bits per heavy atom. The Kier molecular flexibility index (Phi) is 10.3. The smallest absolute Gasteiger partial charge is 0.178 e. The van der Waals surface area contributed by atoms with Gasteiger partial charge in [-0.05, 0) is 49.4 Å². The molecule has 1 aromatic carbocycles. The van der Waals surface area contributed by atoms with Gasteiger partial charge in [0, 0.05) is 13.1 Å². The number of nitrogens with zero attached hydrogens (tertiary/aromatic N) is 1. The van der Waals surface area contributed by atoms with Gasteiger partial charge in [0.15, 0.2) is 16.1 Å². The Labute approximate surface area is 160 Å². The van der Waals surface area contributed by atoms with Crippen molar-refractivity contribution in [1.82, 2.24) is 4.90 Å². The lowest BCUT2D eigenvalue weighted by molar-refractivity contribution is 0.0202. The van der Waals surface area contributed by atoms with Crippen LogP contribution in [0, 0.1) is 5.92 Å². The summed E-state index contributed by atoms with van der Waals surface area (Å²) in [6, 6.07) is 6.91. The number of rotatable bonds is 13. The van der Waals surface area contributed by atoms with E-state index in [1.54, 1.807) is 24.3 Å². The summed E-state index contributed by atoms with van der Waals surface area (Å²) >= 11 is 0. The molecule has 1 rings (SSSR count). The first-order chi connectivity index (χ1) is 12.3. The molecule has 0 aliphatic rings. The zero-order chi connectivity index (χ0) is 19.6. The van der Waals surface area contributed by atoms with Crippen LogP contribution >= 0.6 is 0 Å². The molecular formula is C21H37NO3S. The molecule has 0 radical (unpaired) electrons. The summed E-state index contributed by atoms with van der Waals surface area (Å²) in [5.41, 5.74) is 0. The highest BCUT2D eigenvalue weighted by Gasteiger charge is 2.19. The molecule has 150 valence electrons. The molecule has 0 amide bonds. The van der Waals surface area contributed by atoms with Gasteiger partial charge in [-0.3, -0.25) is 4.90 Å². The molecule has 0 aromatic heterocycles. The van der Waals surface area contributed by atoms with E-state index in [4.69, 9.17) is 4.74 Å². The first kappa shape index (κ1) is 23.0. The zero-order valence-corrected chi connectivity index (χ0v) is 18.0. The van der Waals surface area contributed by atoms with Crippen LogP contribution in [0.15, 0.2) is 29.2 Å². The Hall–Kier alpha value is -1.07. The number of sulfone groups is 1. The van der Waals surface area contributed by atoms with Crippen molar-refractivity contribution in [3.8, 4) is 5.75 Å². The number of hydrogen-bond donors (Lipinski definition) is 0. The molecule has 1 unspecified atom stereocenters. The molecule has 0 saturated carbocycles. The van der Waals surface area contributed by atoms with E-state index < -0.39 is 9.84 Å². The van der Waals surface area contributed by atoms with Crippen LogP contribution in [-0.4, -0.2) is 38.4 Å². The molecule has 0 saturated heterocycles. The van der Waals surface area contributed by atoms with Crippen LogP contribution in [0.3, 0.4) is 0 Å². The Morgan fingerprint density at radius 3 is 1.92 bits per heavy atom. The van der Waals surface area contributed by atoms with Gasteiger partial charge in [-0.2, -0.15) is 0 Å². The maximum Gasteiger partial charge on any atom is 0.178 e. The quantitative estimate of drug-likeness (QED) is 0.443. The van der Waals surface area contributed by atoms with Crippen molar-refractivity contribution in [3.05, 3.63) is 24.3 Å². The molecule has 0 aliphatic heterocycles. The van der Waals surface area contributed by atoms with Crippen molar-refractivity contribution in [2.75, 3.05) is 18.8 Å². The highest BCUT2D eigenvalue weighted by atomic mass is 32.2. The fourth-order valence-corrected chi connectivity index (χ4v) is 4.58. The van der Waals surface area contributed by atoms with Crippen LogP contribution < -0.4 is 4.74 Å². The van der Waals surface area contributed by atoms with E-state index in [1.165, 1.54) is 12.8 Å². The molecule has 1 aromatic rings. The number of hydrogen-bond acceptors (Lipinski definition) is 4. The van der Waals surface area contributed by atoms with E-state index in [9.17, 15) is 8.42 Å². The Bertz CT molecular complexity index is 588. The van der Waals surface area contributed by atoms with E-state index in [-0.39, 0.29) is 17.9 Å². The van der Waals surface area contributed by atoms with Crippen molar-refractivity contribution in [2.24, 2.45) is 5.92 Å². The first-order valence-corrected chi connectivity index (χ1v) is 11.7. The lowest BCUT2D eigenvalue weighted by Gasteiger charge is -2.31. The Morgan fingerprint density at radius 2 is 1.50 bits per heavy atom. The average Bonchev–Trinajstić information content (AvgIpc) is 2.59. The Balaban J connectivity index is 2.83. The van der Waals surface area contributed by atoms with E-state index in [2.05, 4.69) is 25.7 Å². The summed E-state index contributed by atoms with van der Waals surface area (Å²) in [6.45, 7) is 12.5. The SMILES string of the molecule is CCCCN(CCCC)C(CC)Oc1ccc(S(=O)(=O)CC(C)C)cc1. The maximum absolute atomic E-state index is 12.3. The van der Waals surface area contributed by atoms with Gasteiger partial charge >= 0.3 is 0 Å². The largest absolute Gasteiger partial charge is 0.475 e. The van der Waals surface area contributed by atoms with Gasteiger partial charge in [-0.25, -0.2) is 8.42 Å². The summed E-state index contributed by atoms with van der Waals surface area (Å²) in [4.78, 5) is 2.79. The molecule has 0 spiro atoms. The van der Waals surface area contributed by atoms with Gasteiger partial charge in [-0.1, -0.05) is 47.5 Å². The van der Waals surface area contributed by atoms with Crippen molar-refractivity contribution < 1.29 is 13.2 Å². The standard InChI is InChI=1S/C21H37NO3S/c1-6-9-15-22(16-10-7-2)21(8-3)25-19-11-13-20(14-12-19)26(23,24)17-18(4)5/h11-14,18,21H,6-10,15-17H2,1-5H3. The van der Waals surface area contributed by atoms with Gasteiger partial charge in [0.2, 0.25) is 0 Å². The van der Waals surface area contributed by atoms with E-state index >= 15 is 0 Å². The monoisotopic (exact) mass is 383 g/mol. The molecule has 0 fully saturated rings. The average molecular weight is 384 g/mol. The molecule has 1 atom stereocenters. The summed E-state index contributed by atoms with van der Waals surface area (Å²) in [5.74, 6) is 1.02. The minimum absolute atomic E-state index is 0.0335. The fraction of sp³-hybridized carbons (Fsp3) is 0.714. The third kappa shape index (κ3) is 7.67. The summed E-state index contributed by atoms with van der Waals surface area (Å²) in [6.07, 6.45) is 5.60. The van der Waals surface area contributed by atoms with Gasteiger partial charge < -0.3 is 4.74 Å². The third-order valence-corrected chi connectivity index (χ3v) is 6.46. The third-order valence-electron chi connectivity index (χ3n) is 4.36. The first-order valence-electron chi connectivity index (χ1n) is 10.1. The van der Waals surface area contributed by atoms with Gasteiger partial charge in [0.1, 0.15) is 5.75 Å². The molecule has 4 nitrogen and oxygen atoms in total.